The van der Waals surface area contributed by atoms with Gasteiger partial charge >= 0.3 is 0 Å². The Morgan fingerprint density at radius 3 is 2.27 bits per heavy atom. The monoisotopic (exact) mass is 170 g/mol. The average molecular weight is 170 g/mol. The molecule has 0 aliphatic heterocycles. The summed E-state index contributed by atoms with van der Waals surface area (Å²) in [7, 11) is -2.03. The summed E-state index contributed by atoms with van der Waals surface area (Å²) >= 11 is 0. The number of hydrogen-bond acceptors (Lipinski definition) is 1. The highest BCUT2D eigenvalue weighted by Crippen LogP contribution is 2.14. The van der Waals surface area contributed by atoms with Gasteiger partial charge in [-0.3, -0.25) is 4.21 Å². The highest BCUT2D eigenvalue weighted by Gasteiger charge is 2.06. The molecule has 0 aliphatic carbocycles. The first kappa shape index (κ1) is 8.47. The molecular formula is C9H14OS. The smallest absolute Gasteiger partial charge is 0.0144 e. The van der Waals surface area contributed by atoms with Gasteiger partial charge in [0.2, 0.25) is 0 Å². The van der Waals surface area contributed by atoms with Gasteiger partial charge in [-0.15, -0.1) is 0 Å². The molecule has 0 atom stereocenters. The lowest BCUT2D eigenvalue weighted by Gasteiger charge is -2.15. The summed E-state index contributed by atoms with van der Waals surface area (Å²) < 4.78 is 11.8. The van der Waals surface area contributed by atoms with Crippen molar-refractivity contribution in [3.8, 4) is 0 Å². The van der Waals surface area contributed by atoms with Crippen LogP contribution in [-0.2, 0) is 9.93 Å². The fraction of sp³-hybridized carbons (Fsp3) is 0.333. The minimum Gasteiger partial charge on any atom is -0.281 e. The van der Waals surface area contributed by atoms with Gasteiger partial charge in [-0.25, -0.2) is 0 Å². The molecule has 0 unspecified atom stereocenters. The number of hydrogen-bond donors (Lipinski definition) is 1. The molecule has 1 aromatic rings. The zero-order valence-electron chi connectivity index (χ0n) is 6.95. The first-order valence-corrected chi connectivity index (χ1v) is 6.13. The topological polar surface area (TPSA) is 17.1 Å². The van der Waals surface area contributed by atoms with Crippen molar-refractivity contribution in [1.82, 2.24) is 0 Å². The third-order valence-electron chi connectivity index (χ3n) is 1.91. The van der Waals surface area contributed by atoms with Gasteiger partial charge in [0.1, 0.15) is 0 Å². The molecule has 0 fully saturated rings. The molecule has 0 amide bonds. The molecule has 11 heavy (non-hydrogen) atoms. The molecular weight excluding hydrogens is 156 g/mol. The quantitative estimate of drug-likeness (QED) is 0.669. The van der Waals surface area contributed by atoms with Crippen LogP contribution in [0.3, 0.4) is 0 Å². The van der Waals surface area contributed by atoms with Crippen LogP contribution in [0.2, 0.25) is 0 Å². The van der Waals surface area contributed by atoms with E-state index in [4.69, 9.17) is 0 Å². The van der Waals surface area contributed by atoms with Gasteiger partial charge in [-0.2, -0.15) is 0 Å². The third-order valence-corrected chi connectivity index (χ3v) is 4.50. The zero-order chi connectivity index (χ0) is 8.32. The molecule has 0 aromatic heterocycles. The summed E-state index contributed by atoms with van der Waals surface area (Å²) in [5.74, 6) is 0.747. The van der Waals surface area contributed by atoms with Crippen molar-refractivity contribution < 1.29 is 4.21 Å². The Kier molecular flexibility index (Phi) is 2.45. The van der Waals surface area contributed by atoms with Gasteiger partial charge in [-0.05, 0) is 18.4 Å². The first-order chi connectivity index (χ1) is 5.17. The largest absolute Gasteiger partial charge is 0.281 e. The van der Waals surface area contributed by atoms with E-state index in [-0.39, 0.29) is 0 Å². The van der Waals surface area contributed by atoms with Gasteiger partial charge in [0.25, 0.3) is 0 Å². The van der Waals surface area contributed by atoms with E-state index >= 15 is 0 Å². The molecule has 0 aliphatic rings. The van der Waals surface area contributed by atoms with E-state index in [0.29, 0.717) is 0 Å². The Hall–Kier alpha value is -0.630. The van der Waals surface area contributed by atoms with Crippen LogP contribution in [0.15, 0.2) is 35.2 Å². The Morgan fingerprint density at radius 1 is 1.27 bits per heavy atom. The van der Waals surface area contributed by atoms with Crippen LogP contribution in [0.1, 0.15) is 6.92 Å². The first-order valence-electron chi connectivity index (χ1n) is 3.79. The molecule has 1 rings (SSSR count). The molecule has 1 aromatic carbocycles. The predicted molar refractivity (Wildman–Crippen MR) is 50.7 cm³/mol. The maximum atomic E-state index is 11.8. The summed E-state index contributed by atoms with van der Waals surface area (Å²) in [6, 6.07) is 9.68. The van der Waals surface area contributed by atoms with Crippen LogP contribution < -0.4 is 0 Å². The van der Waals surface area contributed by atoms with Crippen molar-refractivity contribution >= 4 is 9.93 Å². The van der Waals surface area contributed by atoms with E-state index in [0.717, 1.165) is 10.6 Å². The van der Waals surface area contributed by atoms with E-state index in [1.165, 1.54) is 0 Å². The minimum atomic E-state index is -2.03. The maximum absolute atomic E-state index is 11.8. The van der Waals surface area contributed by atoms with Crippen LogP contribution in [0.5, 0.6) is 0 Å². The van der Waals surface area contributed by atoms with Crippen LogP contribution in [0.25, 0.3) is 0 Å². The zero-order valence-corrected chi connectivity index (χ0v) is 7.84. The van der Waals surface area contributed by atoms with Crippen LogP contribution >= 0.6 is 0 Å². The van der Waals surface area contributed by atoms with Gasteiger partial charge in [-0.1, -0.05) is 35.1 Å². The molecule has 0 radical (unpaired) electrons. The molecule has 0 spiro atoms. The van der Waals surface area contributed by atoms with Gasteiger partial charge in [0.05, 0.1) is 0 Å². The van der Waals surface area contributed by atoms with Crippen molar-refractivity contribution in [2.75, 3.05) is 12.0 Å². The molecule has 0 saturated heterocycles. The molecule has 2 heteroatoms. The van der Waals surface area contributed by atoms with Crippen molar-refractivity contribution in [2.24, 2.45) is 0 Å². The van der Waals surface area contributed by atoms with Crippen LogP contribution in [-0.4, -0.2) is 16.2 Å². The van der Waals surface area contributed by atoms with Crippen molar-refractivity contribution in [2.45, 2.75) is 11.8 Å². The lowest BCUT2D eigenvalue weighted by Crippen LogP contribution is -2.11. The lowest BCUT2D eigenvalue weighted by molar-refractivity contribution is 0.675. The second-order valence-corrected chi connectivity index (χ2v) is 6.10. The third kappa shape index (κ3) is 1.90. The average Bonchev–Trinajstić information content (AvgIpc) is 2.06. The second-order valence-electron chi connectivity index (χ2n) is 2.75. The van der Waals surface area contributed by atoms with Gasteiger partial charge in [0.15, 0.2) is 0 Å². The molecule has 0 heterocycles. The SMILES string of the molecule is CC[SH](C)(=O)c1ccccc1. The van der Waals surface area contributed by atoms with E-state index in [1.54, 1.807) is 0 Å². The summed E-state index contributed by atoms with van der Waals surface area (Å²) in [5, 5.41) is 0. The number of benzene rings is 1. The molecule has 0 N–H and O–H groups in total. The van der Waals surface area contributed by atoms with Crippen LogP contribution in [0, 0.1) is 0 Å². The normalized spacial score (nSPS) is 12.9. The summed E-state index contributed by atoms with van der Waals surface area (Å²) in [5.41, 5.74) is 0. The molecule has 1 nitrogen and oxygen atoms in total. The fourth-order valence-electron chi connectivity index (χ4n) is 0.926. The molecule has 0 bridgehead atoms. The van der Waals surface area contributed by atoms with Crippen molar-refractivity contribution in [1.29, 1.82) is 0 Å². The Bertz CT molecular complexity index is 266. The standard InChI is InChI=1S/C9H14OS/c1-3-11(2,10)9-7-5-4-6-8-9/h4-8,11H,3H2,1-2H3. The van der Waals surface area contributed by atoms with Gasteiger partial charge < -0.3 is 0 Å². The fourth-order valence-corrected chi connectivity index (χ4v) is 2.09. The van der Waals surface area contributed by atoms with E-state index < -0.39 is 9.93 Å². The Labute approximate surface area is 68.9 Å². The van der Waals surface area contributed by atoms with Crippen molar-refractivity contribution in [3.63, 3.8) is 0 Å². The summed E-state index contributed by atoms with van der Waals surface area (Å²) in [4.78, 5) is 0.988. The lowest BCUT2D eigenvalue weighted by atomic mass is 10.4. The highest BCUT2D eigenvalue weighted by molar-refractivity contribution is 8.02. The number of thiol groups is 1. The second kappa shape index (κ2) is 3.18. The van der Waals surface area contributed by atoms with E-state index in [1.807, 2.05) is 43.5 Å². The predicted octanol–water partition coefficient (Wildman–Crippen LogP) is 1.71. The Balaban J connectivity index is 3.03. The Morgan fingerprint density at radius 2 is 1.82 bits per heavy atom. The number of rotatable bonds is 2. The van der Waals surface area contributed by atoms with E-state index in [2.05, 4.69) is 0 Å². The molecule has 62 valence electrons. The molecule has 0 saturated carbocycles. The van der Waals surface area contributed by atoms with Gasteiger partial charge in [0, 0.05) is 10.6 Å². The summed E-state index contributed by atoms with van der Waals surface area (Å²) in [6.45, 7) is 1.97. The van der Waals surface area contributed by atoms with Crippen LogP contribution in [0.4, 0.5) is 0 Å². The van der Waals surface area contributed by atoms with Crippen molar-refractivity contribution in [3.05, 3.63) is 30.3 Å². The summed E-state index contributed by atoms with van der Waals surface area (Å²) in [6.07, 6.45) is 1.84. The highest BCUT2D eigenvalue weighted by atomic mass is 32.2. The maximum Gasteiger partial charge on any atom is 0.0144 e. The minimum absolute atomic E-state index is 0.747. The van der Waals surface area contributed by atoms with E-state index in [9.17, 15) is 4.21 Å².